The predicted octanol–water partition coefficient (Wildman–Crippen LogP) is 2.72. The summed E-state index contributed by atoms with van der Waals surface area (Å²) in [5.74, 6) is 2.86. The van der Waals surface area contributed by atoms with Crippen molar-refractivity contribution in [2.45, 2.75) is 31.8 Å². The van der Waals surface area contributed by atoms with Crippen molar-refractivity contribution in [2.24, 2.45) is 5.92 Å². The molecule has 100 valence electrons. The third-order valence-corrected chi connectivity index (χ3v) is 5.28. The number of thiophene rings is 1. The van der Waals surface area contributed by atoms with Crippen molar-refractivity contribution in [3.63, 3.8) is 0 Å². The first-order valence-electron chi connectivity index (χ1n) is 6.99. The second kappa shape index (κ2) is 4.42. The van der Waals surface area contributed by atoms with Gasteiger partial charge in [0, 0.05) is 19.6 Å². The van der Waals surface area contributed by atoms with E-state index in [4.69, 9.17) is 4.98 Å². The maximum atomic E-state index is 4.72. The lowest BCUT2D eigenvalue weighted by Gasteiger charge is -2.25. The van der Waals surface area contributed by atoms with Crippen LogP contribution in [0.15, 0.2) is 11.4 Å². The molecular formula is C14H18N4S. The van der Waals surface area contributed by atoms with Gasteiger partial charge in [0.15, 0.2) is 0 Å². The van der Waals surface area contributed by atoms with E-state index >= 15 is 0 Å². The average Bonchev–Trinajstić information content (AvgIpc) is 3.12. The number of hydrogen-bond acceptors (Lipinski definition) is 5. The second-order valence-corrected chi connectivity index (χ2v) is 6.53. The highest BCUT2D eigenvalue weighted by Crippen LogP contribution is 2.38. The third kappa shape index (κ3) is 1.92. The number of piperidine rings is 1. The maximum Gasteiger partial charge on any atom is 0.146 e. The average molecular weight is 274 g/mol. The lowest BCUT2D eigenvalue weighted by Crippen LogP contribution is -2.32. The molecule has 1 N–H and O–H groups in total. The van der Waals surface area contributed by atoms with Crippen LogP contribution in [0.2, 0.25) is 0 Å². The normalized spacial score (nSPS) is 26.4. The van der Waals surface area contributed by atoms with E-state index in [2.05, 4.69) is 26.6 Å². The van der Waals surface area contributed by atoms with Gasteiger partial charge in [0.1, 0.15) is 16.5 Å². The number of rotatable bonds is 3. The highest BCUT2D eigenvalue weighted by molar-refractivity contribution is 7.16. The van der Waals surface area contributed by atoms with Gasteiger partial charge in [-0.2, -0.15) is 0 Å². The van der Waals surface area contributed by atoms with E-state index in [1.165, 1.54) is 25.8 Å². The quantitative estimate of drug-likeness (QED) is 0.934. The van der Waals surface area contributed by atoms with Gasteiger partial charge < -0.3 is 5.32 Å². The molecule has 3 heterocycles. The number of anilines is 1. The Morgan fingerprint density at radius 2 is 2.37 bits per heavy atom. The van der Waals surface area contributed by atoms with Crippen LogP contribution in [0.25, 0.3) is 10.2 Å². The fraction of sp³-hybridized carbons (Fsp3) is 0.571. The number of nitrogens with one attached hydrogen (secondary N) is 1. The standard InChI is InChI=1S/C14H18N4S/c1-15-13-11-4-5-19-14(11)17-12(16-13)8-18-7-9-2-3-10(18)6-9/h4-5,9-10H,2-3,6-8H2,1H3,(H,15,16,17). The van der Waals surface area contributed by atoms with Gasteiger partial charge in [0.05, 0.1) is 11.9 Å². The molecule has 2 bridgehead atoms. The predicted molar refractivity (Wildman–Crippen MR) is 78.5 cm³/mol. The molecule has 4 nitrogen and oxygen atoms in total. The lowest BCUT2D eigenvalue weighted by molar-refractivity contribution is 0.201. The Kier molecular flexibility index (Phi) is 2.70. The van der Waals surface area contributed by atoms with Crippen LogP contribution >= 0.6 is 11.3 Å². The van der Waals surface area contributed by atoms with Crippen molar-refractivity contribution in [2.75, 3.05) is 18.9 Å². The minimum absolute atomic E-state index is 0.783. The van der Waals surface area contributed by atoms with E-state index in [-0.39, 0.29) is 0 Å². The Labute approximate surface area is 116 Å². The number of fused-ring (bicyclic) bond motifs is 3. The molecule has 0 radical (unpaired) electrons. The zero-order chi connectivity index (χ0) is 12.8. The van der Waals surface area contributed by atoms with Crippen LogP contribution < -0.4 is 5.32 Å². The highest BCUT2D eigenvalue weighted by atomic mass is 32.1. The molecule has 1 aliphatic carbocycles. The molecule has 2 aliphatic rings. The SMILES string of the molecule is CNc1nc(CN2CC3CCC2C3)nc2sccc12. The smallest absolute Gasteiger partial charge is 0.146 e. The van der Waals surface area contributed by atoms with Crippen LogP contribution in [0.5, 0.6) is 0 Å². The third-order valence-electron chi connectivity index (χ3n) is 4.48. The molecule has 1 saturated heterocycles. The van der Waals surface area contributed by atoms with E-state index < -0.39 is 0 Å². The van der Waals surface area contributed by atoms with Gasteiger partial charge in [-0.15, -0.1) is 11.3 Å². The van der Waals surface area contributed by atoms with Crippen molar-refractivity contribution in [1.82, 2.24) is 14.9 Å². The van der Waals surface area contributed by atoms with Crippen LogP contribution in [0.1, 0.15) is 25.1 Å². The molecule has 19 heavy (non-hydrogen) atoms. The molecule has 0 aromatic carbocycles. The van der Waals surface area contributed by atoms with Gasteiger partial charge in [-0.1, -0.05) is 0 Å². The van der Waals surface area contributed by atoms with Crippen LogP contribution in [0.4, 0.5) is 5.82 Å². The van der Waals surface area contributed by atoms with Gasteiger partial charge >= 0.3 is 0 Å². The molecular weight excluding hydrogens is 256 g/mol. The fourth-order valence-electron chi connectivity index (χ4n) is 3.56. The van der Waals surface area contributed by atoms with Crippen LogP contribution in [-0.2, 0) is 6.54 Å². The number of likely N-dealkylation sites (tertiary alicyclic amines) is 1. The van der Waals surface area contributed by atoms with Crippen molar-refractivity contribution in [1.29, 1.82) is 0 Å². The van der Waals surface area contributed by atoms with Crippen LogP contribution in [0, 0.1) is 5.92 Å². The minimum atomic E-state index is 0.783. The topological polar surface area (TPSA) is 41.1 Å². The Morgan fingerprint density at radius 3 is 3.11 bits per heavy atom. The number of aromatic nitrogens is 2. The first-order valence-corrected chi connectivity index (χ1v) is 7.87. The Bertz CT molecular complexity index is 609. The van der Waals surface area contributed by atoms with Crippen molar-refractivity contribution in [3.05, 3.63) is 17.3 Å². The van der Waals surface area contributed by atoms with E-state index in [1.54, 1.807) is 11.3 Å². The molecule has 2 unspecified atom stereocenters. The molecule has 0 spiro atoms. The summed E-state index contributed by atoms with van der Waals surface area (Å²) in [4.78, 5) is 13.1. The van der Waals surface area contributed by atoms with E-state index in [9.17, 15) is 0 Å². The van der Waals surface area contributed by atoms with E-state index in [0.29, 0.717) is 0 Å². The van der Waals surface area contributed by atoms with Gasteiger partial charge in [0.2, 0.25) is 0 Å². The number of nitrogens with zero attached hydrogens (tertiary/aromatic N) is 3. The minimum Gasteiger partial charge on any atom is -0.372 e. The Balaban J connectivity index is 1.64. The zero-order valence-electron chi connectivity index (χ0n) is 11.1. The molecule has 2 aromatic heterocycles. The van der Waals surface area contributed by atoms with Crippen LogP contribution in [-0.4, -0.2) is 34.5 Å². The second-order valence-electron chi connectivity index (χ2n) is 5.64. The maximum absolute atomic E-state index is 4.72. The summed E-state index contributed by atoms with van der Waals surface area (Å²) in [5.41, 5.74) is 0. The molecule has 1 aliphatic heterocycles. The summed E-state index contributed by atoms with van der Waals surface area (Å²) in [6.45, 7) is 2.15. The zero-order valence-corrected chi connectivity index (χ0v) is 11.9. The van der Waals surface area contributed by atoms with Gasteiger partial charge in [-0.25, -0.2) is 9.97 Å². The fourth-order valence-corrected chi connectivity index (χ4v) is 4.35. The molecule has 0 amide bonds. The largest absolute Gasteiger partial charge is 0.372 e. The Hall–Kier alpha value is -1.20. The molecule has 1 saturated carbocycles. The summed E-state index contributed by atoms with van der Waals surface area (Å²) in [7, 11) is 1.93. The molecule has 4 rings (SSSR count). The number of hydrogen-bond donors (Lipinski definition) is 1. The molecule has 2 fully saturated rings. The highest BCUT2D eigenvalue weighted by Gasteiger charge is 2.37. The summed E-state index contributed by atoms with van der Waals surface area (Å²) >= 11 is 1.69. The lowest BCUT2D eigenvalue weighted by atomic mass is 10.1. The molecule has 2 atom stereocenters. The van der Waals surface area contributed by atoms with Gasteiger partial charge in [-0.05, 0) is 36.6 Å². The summed E-state index contributed by atoms with van der Waals surface area (Å²) in [5, 5.41) is 6.42. The van der Waals surface area contributed by atoms with E-state index in [1.807, 2.05) is 7.05 Å². The van der Waals surface area contributed by atoms with Crippen molar-refractivity contribution in [3.8, 4) is 0 Å². The summed E-state index contributed by atoms with van der Waals surface area (Å²) in [6.07, 6.45) is 4.18. The van der Waals surface area contributed by atoms with Crippen LogP contribution in [0.3, 0.4) is 0 Å². The Morgan fingerprint density at radius 1 is 1.42 bits per heavy atom. The first kappa shape index (κ1) is 11.6. The van der Waals surface area contributed by atoms with Gasteiger partial charge in [0.25, 0.3) is 0 Å². The van der Waals surface area contributed by atoms with E-state index in [0.717, 1.165) is 40.4 Å². The van der Waals surface area contributed by atoms with Crippen molar-refractivity contribution >= 4 is 27.4 Å². The summed E-state index contributed by atoms with van der Waals surface area (Å²) in [6, 6.07) is 2.87. The first-order chi connectivity index (χ1) is 9.33. The summed E-state index contributed by atoms with van der Waals surface area (Å²) < 4.78 is 0. The van der Waals surface area contributed by atoms with Crippen molar-refractivity contribution < 1.29 is 0 Å². The van der Waals surface area contributed by atoms with Gasteiger partial charge in [-0.3, -0.25) is 4.90 Å². The monoisotopic (exact) mass is 274 g/mol. The molecule has 5 heteroatoms. The molecule has 2 aromatic rings.